The third kappa shape index (κ3) is 5.00. The summed E-state index contributed by atoms with van der Waals surface area (Å²) >= 11 is 0. The Morgan fingerprint density at radius 3 is 2.34 bits per heavy atom. The maximum atomic E-state index is 12.1. The van der Waals surface area contributed by atoms with E-state index < -0.39 is 0 Å². The Morgan fingerprint density at radius 1 is 1.00 bits per heavy atom. The van der Waals surface area contributed by atoms with Crippen molar-refractivity contribution in [2.24, 2.45) is 0 Å². The van der Waals surface area contributed by atoms with E-state index in [1.165, 1.54) is 0 Å². The summed E-state index contributed by atoms with van der Waals surface area (Å²) in [6.45, 7) is 7.73. The van der Waals surface area contributed by atoms with Crippen LogP contribution in [-0.2, 0) is 9.47 Å². The number of hydrazine groups is 1. The van der Waals surface area contributed by atoms with Gasteiger partial charge in [-0.1, -0.05) is 0 Å². The van der Waals surface area contributed by atoms with E-state index in [0.717, 1.165) is 30.0 Å². The number of urea groups is 1. The first-order valence-electron chi connectivity index (χ1n) is 9.86. The molecule has 0 saturated carbocycles. The van der Waals surface area contributed by atoms with E-state index >= 15 is 0 Å². The zero-order chi connectivity index (χ0) is 20.1. The van der Waals surface area contributed by atoms with Crippen molar-refractivity contribution in [2.75, 3.05) is 62.8 Å². The lowest BCUT2D eigenvalue weighted by molar-refractivity contribution is 0.0207. The summed E-state index contributed by atoms with van der Waals surface area (Å²) in [6.07, 6.45) is 1.86. The van der Waals surface area contributed by atoms with Crippen LogP contribution in [-0.4, -0.2) is 73.6 Å². The lowest BCUT2D eigenvalue weighted by atomic mass is 10.2. The van der Waals surface area contributed by atoms with Crippen molar-refractivity contribution in [3.05, 3.63) is 36.0 Å². The fraction of sp³-hybridized carbons (Fsp3) is 0.450. The van der Waals surface area contributed by atoms with Gasteiger partial charge in [-0.25, -0.2) is 19.8 Å². The maximum absolute atomic E-state index is 12.1. The molecule has 9 heteroatoms. The summed E-state index contributed by atoms with van der Waals surface area (Å²) in [5.74, 6) is 1.62. The highest BCUT2D eigenvalue weighted by Gasteiger charge is 2.17. The van der Waals surface area contributed by atoms with E-state index in [0.29, 0.717) is 51.0 Å². The number of hydrogen-bond donors (Lipinski definition) is 2. The average Bonchev–Trinajstić information content (AvgIpc) is 2.76. The van der Waals surface area contributed by atoms with Crippen molar-refractivity contribution in [3.63, 3.8) is 0 Å². The number of benzene rings is 1. The van der Waals surface area contributed by atoms with E-state index in [4.69, 9.17) is 14.5 Å². The second kappa shape index (κ2) is 9.17. The highest BCUT2D eigenvalue weighted by Crippen LogP contribution is 2.23. The number of anilines is 2. The monoisotopic (exact) mass is 398 g/mol. The molecule has 2 aliphatic heterocycles. The van der Waals surface area contributed by atoms with Crippen LogP contribution in [0.15, 0.2) is 30.5 Å². The molecule has 29 heavy (non-hydrogen) atoms. The molecule has 154 valence electrons. The van der Waals surface area contributed by atoms with Gasteiger partial charge >= 0.3 is 6.03 Å². The first kappa shape index (κ1) is 19.6. The zero-order valence-electron chi connectivity index (χ0n) is 16.6. The van der Waals surface area contributed by atoms with Crippen molar-refractivity contribution in [3.8, 4) is 11.4 Å². The van der Waals surface area contributed by atoms with Gasteiger partial charge in [-0.3, -0.25) is 5.43 Å². The van der Waals surface area contributed by atoms with E-state index in [9.17, 15) is 4.79 Å². The molecule has 2 fully saturated rings. The van der Waals surface area contributed by atoms with Crippen molar-refractivity contribution < 1.29 is 14.3 Å². The summed E-state index contributed by atoms with van der Waals surface area (Å²) in [7, 11) is 0. The minimum Gasteiger partial charge on any atom is -0.379 e. The number of aryl methyl sites for hydroxylation is 1. The largest absolute Gasteiger partial charge is 0.379 e. The van der Waals surface area contributed by atoms with Gasteiger partial charge in [0.25, 0.3) is 0 Å². The fourth-order valence-electron chi connectivity index (χ4n) is 3.35. The van der Waals surface area contributed by atoms with Gasteiger partial charge in [0.2, 0.25) is 0 Å². The van der Waals surface area contributed by atoms with Gasteiger partial charge in [0.1, 0.15) is 5.82 Å². The number of carbonyl (C=O) groups excluding carboxylic acids is 1. The number of ether oxygens (including phenoxy) is 2. The molecule has 3 heterocycles. The molecule has 0 radical (unpaired) electrons. The van der Waals surface area contributed by atoms with Gasteiger partial charge in [0.15, 0.2) is 5.82 Å². The molecule has 0 spiro atoms. The van der Waals surface area contributed by atoms with Crippen LogP contribution in [0.3, 0.4) is 0 Å². The average molecular weight is 398 g/mol. The van der Waals surface area contributed by atoms with Gasteiger partial charge in [-0.2, -0.15) is 0 Å². The number of morpholine rings is 2. The van der Waals surface area contributed by atoms with Crippen LogP contribution in [0.2, 0.25) is 0 Å². The normalized spacial score (nSPS) is 17.8. The quantitative estimate of drug-likeness (QED) is 0.809. The topological polar surface area (TPSA) is 91.9 Å². The van der Waals surface area contributed by atoms with Gasteiger partial charge in [0.05, 0.1) is 26.4 Å². The van der Waals surface area contributed by atoms with Crippen LogP contribution in [0.5, 0.6) is 0 Å². The molecule has 2 amide bonds. The van der Waals surface area contributed by atoms with Gasteiger partial charge in [-0.05, 0) is 31.2 Å². The molecule has 1 aromatic heterocycles. The lowest BCUT2D eigenvalue weighted by Gasteiger charge is -2.29. The summed E-state index contributed by atoms with van der Waals surface area (Å²) in [4.78, 5) is 23.6. The summed E-state index contributed by atoms with van der Waals surface area (Å²) in [5, 5.41) is 4.69. The molecule has 0 unspecified atom stereocenters. The molecular weight excluding hydrogens is 372 g/mol. The Hall–Kier alpha value is -2.75. The van der Waals surface area contributed by atoms with Crippen LogP contribution in [0.4, 0.5) is 16.3 Å². The smallest absolute Gasteiger partial charge is 0.333 e. The Labute approximate surface area is 170 Å². The number of amides is 2. The van der Waals surface area contributed by atoms with Crippen molar-refractivity contribution in [2.45, 2.75) is 6.92 Å². The van der Waals surface area contributed by atoms with E-state index in [2.05, 4.69) is 20.6 Å². The molecule has 0 aliphatic carbocycles. The van der Waals surface area contributed by atoms with E-state index in [1.54, 1.807) is 0 Å². The SMILES string of the molecule is Cc1cnc(-c2ccc(NC(=O)NN3CCOCC3)cc2)nc1N1CCOCC1. The molecule has 1 aromatic carbocycles. The molecular formula is C20H26N6O3. The highest BCUT2D eigenvalue weighted by atomic mass is 16.5. The Morgan fingerprint density at radius 2 is 1.66 bits per heavy atom. The second-order valence-corrected chi connectivity index (χ2v) is 7.04. The Bertz CT molecular complexity index is 833. The van der Waals surface area contributed by atoms with Crippen LogP contribution in [0, 0.1) is 6.92 Å². The number of hydrogen-bond acceptors (Lipinski definition) is 7. The number of carbonyl (C=O) groups is 1. The number of nitrogens with zero attached hydrogens (tertiary/aromatic N) is 4. The number of nitrogens with one attached hydrogen (secondary N) is 2. The zero-order valence-corrected chi connectivity index (χ0v) is 16.6. The van der Waals surface area contributed by atoms with Crippen molar-refractivity contribution in [1.82, 2.24) is 20.4 Å². The lowest BCUT2D eigenvalue weighted by Crippen LogP contribution is -2.49. The molecule has 2 aromatic rings. The minimum absolute atomic E-state index is 0.263. The Kier molecular flexibility index (Phi) is 6.18. The predicted octanol–water partition coefficient (Wildman–Crippen LogP) is 1.66. The Balaban J connectivity index is 1.41. The van der Waals surface area contributed by atoms with Crippen LogP contribution in [0.25, 0.3) is 11.4 Å². The van der Waals surface area contributed by atoms with Crippen molar-refractivity contribution in [1.29, 1.82) is 0 Å². The first-order valence-corrected chi connectivity index (χ1v) is 9.86. The third-order valence-corrected chi connectivity index (χ3v) is 4.93. The minimum atomic E-state index is -0.263. The molecule has 0 bridgehead atoms. The van der Waals surface area contributed by atoms with Crippen molar-refractivity contribution >= 4 is 17.5 Å². The molecule has 2 saturated heterocycles. The fourth-order valence-corrected chi connectivity index (χ4v) is 3.35. The van der Waals surface area contributed by atoms with Gasteiger partial charge < -0.3 is 19.7 Å². The van der Waals surface area contributed by atoms with Gasteiger partial charge in [0, 0.05) is 49.2 Å². The molecule has 0 atom stereocenters. The van der Waals surface area contributed by atoms with Gasteiger partial charge in [-0.15, -0.1) is 0 Å². The van der Waals surface area contributed by atoms with E-state index in [-0.39, 0.29) is 6.03 Å². The number of rotatable bonds is 4. The third-order valence-electron chi connectivity index (χ3n) is 4.93. The molecule has 9 nitrogen and oxygen atoms in total. The number of aromatic nitrogens is 2. The van der Waals surface area contributed by atoms with E-state index in [1.807, 2.05) is 42.4 Å². The van der Waals surface area contributed by atoms with Crippen LogP contribution < -0.4 is 15.6 Å². The molecule has 4 rings (SSSR count). The molecule has 2 N–H and O–H groups in total. The summed E-state index contributed by atoms with van der Waals surface area (Å²) in [5.41, 5.74) is 5.49. The van der Waals surface area contributed by atoms with Crippen LogP contribution >= 0.6 is 0 Å². The first-order chi connectivity index (χ1) is 14.2. The standard InChI is InChI=1S/C20H26N6O3/c1-15-14-21-18(23-19(15)25-6-10-28-11-7-25)16-2-4-17(5-3-16)22-20(27)24-26-8-12-29-13-9-26/h2-5,14H,6-13H2,1H3,(H2,22,24,27). The van der Waals surface area contributed by atoms with Crippen LogP contribution in [0.1, 0.15) is 5.56 Å². The maximum Gasteiger partial charge on any atom is 0.333 e. The molecule has 2 aliphatic rings. The second-order valence-electron chi connectivity index (χ2n) is 7.04. The highest BCUT2D eigenvalue weighted by molar-refractivity contribution is 5.89. The summed E-state index contributed by atoms with van der Waals surface area (Å²) in [6, 6.07) is 7.27. The summed E-state index contributed by atoms with van der Waals surface area (Å²) < 4.78 is 10.7. The predicted molar refractivity (Wildman–Crippen MR) is 110 cm³/mol.